The molecule has 1 aromatic heterocycles. The van der Waals surface area contributed by atoms with E-state index < -0.39 is 0 Å². The molecule has 1 aliphatic rings. The summed E-state index contributed by atoms with van der Waals surface area (Å²) in [5.74, 6) is 0. The van der Waals surface area contributed by atoms with Gasteiger partial charge in [-0.1, -0.05) is 18.0 Å². The van der Waals surface area contributed by atoms with E-state index in [1.54, 1.807) is 11.3 Å². The molecule has 2 heterocycles. The van der Waals surface area contributed by atoms with Crippen LogP contribution in [0.2, 0.25) is 5.02 Å². The fourth-order valence-electron chi connectivity index (χ4n) is 2.60. The van der Waals surface area contributed by atoms with Crippen LogP contribution in [0.25, 0.3) is 0 Å². The van der Waals surface area contributed by atoms with Crippen LogP contribution in [0, 0.1) is 0 Å². The van der Waals surface area contributed by atoms with Crippen LogP contribution < -0.4 is 11.2 Å². The number of nitrogens with zero attached hydrogens (tertiary/aromatic N) is 1. The molecule has 1 aliphatic heterocycles. The molecule has 3 N–H and O–H groups in total. The summed E-state index contributed by atoms with van der Waals surface area (Å²) in [5.41, 5.74) is 9.49. The molecule has 1 fully saturated rings. The van der Waals surface area contributed by atoms with E-state index in [1.807, 2.05) is 11.4 Å². The average Bonchev–Trinajstić information content (AvgIpc) is 2.76. The van der Waals surface area contributed by atoms with Crippen molar-refractivity contribution in [2.45, 2.75) is 51.2 Å². The first-order chi connectivity index (χ1) is 8.61. The Balaban J connectivity index is 2.05. The third kappa shape index (κ3) is 3.25. The number of rotatable bonds is 4. The van der Waals surface area contributed by atoms with Crippen molar-refractivity contribution in [3.8, 4) is 0 Å². The molecule has 3 atom stereocenters. The van der Waals surface area contributed by atoms with Gasteiger partial charge in [0.25, 0.3) is 0 Å². The third-order valence-corrected chi connectivity index (χ3v) is 5.06. The minimum atomic E-state index is 0.172. The summed E-state index contributed by atoms with van der Waals surface area (Å²) >= 11 is 7.66. The lowest BCUT2D eigenvalue weighted by Crippen LogP contribution is -2.54. The molecule has 2 rings (SSSR count). The molecular formula is C13H22ClN3S. The van der Waals surface area contributed by atoms with E-state index in [2.05, 4.69) is 24.3 Å². The highest BCUT2D eigenvalue weighted by molar-refractivity contribution is 7.10. The molecule has 3 unspecified atom stereocenters. The number of nitrogens with two attached hydrogens (primary N) is 1. The summed E-state index contributed by atoms with van der Waals surface area (Å²) < 4.78 is 0. The van der Waals surface area contributed by atoms with E-state index in [-0.39, 0.29) is 6.04 Å². The lowest BCUT2D eigenvalue weighted by molar-refractivity contribution is 0.0310. The molecule has 3 nitrogen and oxygen atoms in total. The summed E-state index contributed by atoms with van der Waals surface area (Å²) in [6.45, 7) is 5.14. The van der Waals surface area contributed by atoms with Crippen molar-refractivity contribution in [3.05, 3.63) is 21.3 Å². The monoisotopic (exact) mass is 287 g/mol. The van der Waals surface area contributed by atoms with Gasteiger partial charge >= 0.3 is 0 Å². The van der Waals surface area contributed by atoms with E-state index >= 15 is 0 Å². The van der Waals surface area contributed by atoms with Gasteiger partial charge in [0.15, 0.2) is 0 Å². The first-order valence-electron chi connectivity index (χ1n) is 6.60. The van der Waals surface area contributed by atoms with E-state index in [1.165, 1.54) is 24.1 Å². The fourth-order valence-corrected chi connectivity index (χ4v) is 3.74. The average molecular weight is 288 g/mol. The Morgan fingerprint density at radius 2 is 2.17 bits per heavy atom. The standard InChI is InChI=1S/C13H22ClN3S/c1-9-4-3-5-10(2)17(9)16-12(7-15)13-6-11(14)8-18-13/h6,8-10,12,16H,3-5,7,15H2,1-2H3. The minimum absolute atomic E-state index is 0.172. The number of hydrogen-bond donors (Lipinski definition) is 2. The van der Waals surface area contributed by atoms with Gasteiger partial charge in [-0.2, -0.15) is 0 Å². The highest BCUT2D eigenvalue weighted by Gasteiger charge is 2.27. The predicted molar refractivity (Wildman–Crippen MR) is 78.9 cm³/mol. The Morgan fingerprint density at radius 1 is 1.50 bits per heavy atom. The van der Waals surface area contributed by atoms with E-state index in [4.69, 9.17) is 17.3 Å². The van der Waals surface area contributed by atoms with Gasteiger partial charge in [0.05, 0.1) is 11.1 Å². The quantitative estimate of drug-likeness (QED) is 0.894. The summed E-state index contributed by atoms with van der Waals surface area (Å²) in [6, 6.07) is 3.32. The predicted octanol–water partition coefficient (Wildman–Crippen LogP) is 3.17. The maximum Gasteiger partial charge on any atom is 0.0680 e. The van der Waals surface area contributed by atoms with Crippen LogP contribution >= 0.6 is 22.9 Å². The van der Waals surface area contributed by atoms with Gasteiger partial charge in [-0.05, 0) is 32.8 Å². The van der Waals surface area contributed by atoms with Crippen molar-refractivity contribution >= 4 is 22.9 Å². The Labute approximate surface area is 118 Å². The molecule has 0 saturated carbocycles. The van der Waals surface area contributed by atoms with Crippen LogP contribution in [0.4, 0.5) is 0 Å². The van der Waals surface area contributed by atoms with Crippen LogP contribution in [0.15, 0.2) is 11.4 Å². The summed E-state index contributed by atoms with van der Waals surface area (Å²) in [6.07, 6.45) is 3.82. The first kappa shape index (κ1) is 14.3. The number of hydrogen-bond acceptors (Lipinski definition) is 4. The molecule has 0 radical (unpaired) electrons. The van der Waals surface area contributed by atoms with E-state index in [9.17, 15) is 0 Å². The van der Waals surface area contributed by atoms with Crippen molar-refractivity contribution in [3.63, 3.8) is 0 Å². The summed E-state index contributed by atoms with van der Waals surface area (Å²) in [5, 5.41) is 5.13. The second-order valence-electron chi connectivity index (χ2n) is 5.12. The van der Waals surface area contributed by atoms with Gasteiger partial charge in [-0.3, -0.25) is 0 Å². The van der Waals surface area contributed by atoms with Crippen LogP contribution in [0.3, 0.4) is 0 Å². The van der Waals surface area contributed by atoms with Crippen LogP contribution in [-0.4, -0.2) is 23.6 Å². The van der Waals surface area contributed by atoms with E-state index in [0.717, 1.165) is 5.02 Å². The van der Waals surface area contributed by atoms with Gasteiger partial charge in [0.2, 0.25) is 0 Å². The molecule has 0 aliphatic carbocycles. The number of thiophene rings is 1. The Bertz CT molecular complexity index is 372. The van der Waals surface area contributed by atoms with Crippen molar-refractivity contribution in [2.75, 3.05) is 6.54 Å². The number of hydrazine groups is 1. The van der Waals surface area contributed by atoms with Gasteiger partial charge in [-0.25, -0.2) is 10.4 Å². The fraction of sp³-hybridized carbons (Fsp3) is 0.692. The van der Waals surface area contributed by atoms with Crippen molar-refractivity contribution < 1.29 is 0 Å². The smallest absolute Gasteiger partial charge is 0.0680 e. The Morgan fingerprint density at radius 3 is 2.67 bits per heavy atom. The Kier molecular flexibility index (Phi) is 5.04. The SMILES string of the molecule is CC1CCCC(C)N1NC(CN)c1cc(Cl)cs1. The zero-order chi connectivity index (χ0) is 13.1. The summed E-state index contributed by atoms with van der Waals surface area (Å²) in [7, 11) is 0. The number of piperidine rings is 1. The first-order valence-corrected chi connectivity index (χ1v) is 7.86. The molecule has 0 bridgehead atoms. The highest BCUT2D eigenvalue weighted by Crippen LogP contribution is 2.27. The second kappa shape index (κ2) is 6.35. The number of halogens is 1. The van der Waals surface area contributed by atoms with Gasteiger partial charge in [0.1, 0.15) is 0 Å². The topological polar surface area (TPSA) is 41.3 Å². The van der Waals surface area contributed by atoms with Gasteiger partial charge < -0.3 is 5.73 Å². The normalized spacial score (nSPS) is 27.3. The second-order valence-corrected chi connectivity index (χ2v) is 6.50. The van der Waals surface area contributed by atoms with Crippen molar-refractivity contribution in [1.29, 1.82) is 0 Å². The molecule has 18 heavy (non-hydrogen) atoms. The molecule has 0 spiro atoms. The zero-order valence-corrected chi connectivity index (χ0v) is 12.6. The molecule has 0 amide bonds. The third-order valence-electron chi connectivity index (χ3n) is 3.67. The van der Waals surface area contributed by atoms with Crippen LogP contribution in [-0.2, 0) is 0 Å². The minimum Gasteiger partial charge on any atom is -0.329 e. The molecule has 0 aromatic carbocycles. The zero-order valence-electron chi connectivity index (χ0n) is 11.0. The summed E-state index contributed by atoms with van der Waals surface area (Å²) in [4.78, 5) is 1.22. The molecule has 102 valence electrons. The van der Waals surface area contributed by atoms with Crippen LogP contribution in [0.5, 0.6) is 0 Å². The maximum absolute atomic E-state index is 5.99. The Hall–Kier alpha value is -0.130. The maximum atomic E-state index is 5.99. The van der Waals surface area contributed by atoms with Gasteiger partial charge in [-0.15, -0.1) is 11.3 Å². The number of nitrogens with one attached hydrogen (secondary N) is 1. The van der Waals surface area contributed by atoms with Crippen LogP contribution in [0.1, 0.15) is 44.0 Å². The van der Waals surface area contributed by atoms with Crippen molar-refractivity contribution in [2.24, 2.45) is 5.73 Å². The molecule has 1 saturated heterocycles. The van der Waals surface area contributed by atoms with E-state index in [0.29, 0.717) is 18.6 Å². The lowest BCUT2D eigenvalue weighted by atomic mass is 9.99. The molecule has 1 aromatic rings. The van der Waals surface area contributed by atoms with Gasteiger partial charge in [0, 0.05) is 28.9 Å². The highest BCUT2D eigenvalue weighted by atomic mass is 35.5. The largest absolute Gasteiger partial charge is 0.329 e. The lowest BCUT2D eigenvalue weighted by Gasteiger charge is -2.41. The van der Waals surface area contributed by atoms with Crippen molar-refractivity contribution in [1.82, 2.24) is 10.4 Å². The molecule has 5 heteroatoms. The molecular weight excluding hydrogens is 266 g/mol.